The Morgan fingerprint density at radius 1 is 1.04 bits per heavy atom. The molecular weight excluding hydrogens is 324 g/mol. The van der Waals surface area contributed by atoms with Crippen LogP contribution in [-0.4, -0.2) is 57.9 Å². The van der Waals surface area contributed by atoms with Gasteiger partial charge >= 0.3 is 18.0 Å². The number of amides is 2. The molecule has 1 unspecified atom stereocenters. The van der Waals surface area contributed by atoms with E-state index in [4.69, 9.17) is 4.74 Å². The number of carboxylic acids is 1. The number of carbonyl (C=O) groups excluding carboxylic acids is 2. The third-order valence-electron chi connectivity index (χ3n) is 5.31. The number of ether oxygens (including phenoxy) is 1. The molecule has 2 fully saturated rings. The normalized spacial score (nSPS) is 27.8. The smallest absolute Gasteiger partial charge is 0.455 e. The molecule has 1 saturated carbocycles. The zero-order valence-electron chi connectivity index (χ0n) is 15.8. The Hall–Kier alpha value is -1.63. The fourth-order valence-electron chi connectivity index (χ4n) is 4.11. The molecule has 2 amide bonds. The Morgan fingerprint density at radius 3 is 2.16 bits per heavy atom. The van der Waals surface area contributed by atoms with Gasteiger partial charge in [0, 0.05) is 12.8 Å². The molecule has 2 atom stereocenters. The van der Waals surface area contributed by atoms with Crippen molar-refractivity contribution in [3.8, 4) is 0 Å². The molecule has 2 rings (SSSR count). The quantitative estimate of drug-likeness (QED) is 0.770. The minimum Gasteiger partial charge on any atom is -0.477 e. The van der Waals surface area contributed by atoms with Gasteiger partial charge in [0.05, 0.1) is 13.0 Å². The largest absolute Gasteiger partial charge is 0.477 e. The van der Waals surface area contributed by atoms with E-state index >= 15 is 0 Å². The maximum absolute atomic E-state index is 13.4. The highest BCUT2D eigenvalue weighted by Crippen LogP contribution is 2.36. The maximum atomic E-state index is 13.4. The molecular formula is C18H31N2O5+. The van der Waals surface area contributed by atoms with Crippen LogP contribution in [0.4, 0.5) is 4.79 Å². The number of nitrogens with zero attached hydrogens (tertiary/aromatic N) is 2. The summed E-state index contributed by atoms with van der Waals surface area (Å²) in [6.45, 7) is 5.60. The molecule has 0 aromatic rings. The number of likely N-dealkylation sites (tertiary alicyclic amines) is 1. The average Bonchev–Trinajstić information content (AvgIpc) is 2.98. The van der Waals surface area contributed by atoms with Gasteiger partial charge < -0.3 is 9.84 Å². The van der Waals surface area contributed by atoms with Gasteiger partial charge in [-0.15, -0.1) is 9.60 Å². The highest BCUT2D eigenvalue weighted by atomic mass is 16.6. The van der Waals surface area contributed by atoms with E-state index in [0.29, 0.717) is 19.4 Å². The molecule has 1 N–H and O–H groups in total. The molecule has 0 spiro atoms. The summed E-state index contributed by atoms with van der Waals surface area (Å²) in [6, 6.07) is -0.924. The second-order valence-corrected chi connectivity index (χ2v) is 8.22. The van der Waals surface area contributed by atoms with Crippen LogP contribution in [0.3, 0.4) is 0 Å². The van der Waals surface area contributed by atoms with Gasteiger partial charge in [-0.3, -0.25) is 0 Å². The third-order valence-corrected chi connectivity index (χ3v) is 5.31. The molecule has 1 saturated heterocycles. The predicted molar refractivity (Wildman–Crippen MR) is 91.4 cm³/mol. The van der Waals surface area contributed by atoms with E-state index in [-0.39, 0.29) is 11.8 Å². The number of hydrogen-bond donors (Lipinski definition) is 1. The summed E-state index contributed by atoms with van der Waals surface area (Å²) in [6.07, 6.45) is 4.94. The molecule has 1 heterocycles. The molecule has 1 aliphatic heterocycles. The van der Waals surface area contributed by atoms with Crippen LogP contribution in [0.2, 0.25) is 0 Å². The lowest BCUT2D eigenvalue weighted by atomic mass is 9.87. The van der Waals surface area contributed by atoms with Gasteiger partial charge in [0.15, 0.2) is 0 Å². The number of quaternary nitrogens is 1. The first kappa shape index (κ1) is 19.7. The molecule has 0 aromatic carbocycles. The summed E-state index contributed by atoms with van der Waals surface area (Å²) >= 11 is 0. The van der Waals surface area contributed by atoms with E-state index < -0.39 is 28.3 Å². The molecule has 0 bridgehead atoms. The average molecular weight is 355 g/mol. The van der Waals surface area contributed by atoms with Crippen LogP contribution in [-0.2, 0) is 14.3 Å². The lowest BCUT2D eigenvalue weighted by Crippen LogP contribution is -2.69. The van der Waals surface area contributed by atoms with E-state index in [1.54, 1.807) is 20.8 Å². The van der Waals surface area contributed by atoms with Gasteiger partial charge in [-0.05, 0) is 33.6 Å². The van der Waals surface area contributed by atoms with Crippen molar-refractivity contribution in [2.24, 2.45) is 5.92 Å². The minimum absolute atomic E-state index is 0.141. The zero-order valence-corrected chi connectivity index (χ0v) is 15.8. The molecule has 7 heteroatoms. The van der Waals surface area contributed by atoms with Gasteiger partial charge in [-0.25, -0.2) is 14.4 Å². The number of aliphatic carboxylic acids is 1. The maximum Gasteiger partial charge on any atom is 0.455 e. The second-order valence-electron chi connectivity index (χ2n) is 8.22. The second kappa shape index (κ2) is 7.32. The van der Waals surface area contributed by atoms with Crippen molar-refractivity contribution < 1.29 is 28.8 Å². The Morgan fingerprint density at radius 2 is 1.64 bits per heavy atom. The molecule has 25 heavy (non-hydrogen) atoms. The zero-order chi connectivity index (χ0) is 18.8. The van der Waals surface area contributed by atoms with Crippen LogP contribution < -0.4 is 0 Å². The van der Waals surface area contributed by atoms with Crippen molar-refractivity contribution in [1.29, 1.82) is 0 Å². The Labute approximate surface area is 149 Å². The SMILES string of the molecule is CN(C(=O)OC(C)(C)C)[N+]1(C(=O)C2CCCCC2)CCC[C@H]1C(=O)O. The van der Waals surface area contributed by atoms with Crippen LogP contribution >= 0.6 is 0 Å². The number of carboxylic acid groups (broad SMARTS) is 1. The van der Waals surface area contributed by atoms with E-state index in [1.807, 2.05) is 0 Å². The monoisotopic (exact) mass is 355 g/mol. The Kier molecular flexibility index (Phi) is 5.76. The molecule has 0 radical (unpaired) electrons. The first-order valence-electron chi connectivity index (χ1n) is 9.22. The third kappa shape index (κ3) is 3.97. The van der Waals surface area contributed by atoms with E-state index in [1.165, 1.54) is 12.1 Å². The summed E-state index contributed by atoms with van der Waals surface area (Å²) < 4.78 is 4.99. The van der Waals surface area contributed by atoms with Crippen molar-refractivity contribution in [1.82, 2.24) is 5.01 Å². The van der Waals surface area contributed by atoms with Crippen molar-refractivity contribution in [2.75, 3.05) is 13.6 Å². The van der Waals surface area contributed by atoms with Crippen LogP contribution in [0, 0.1) is 5.92 Å². The number of hydrogen-bond acceptors (Lipinski definition) is 4. The van der Waals surface area contributed by atoms with Crippen LogP contribution in [0.5, 0.6) is 0 Å². The topological polar surface area (TPSA) is 83.9 Å². The van der Waals surface area contributed by atoms with Gasteiger partial charge in [0.2, 0.25) is 6.04 Å². The Balaban J connectivity index is 2.36. The lowest BCUT2D eigenvalue weighted by Gasteiger charge is -2.43. The first-order valence-corrected chi connectivity index (χ1v) is 9.22. The number of rotatable bonds is 2. The van der Waals surface area contributed by atoms with Crippen LogP contribution in [0.25, 0.3) is 0 Å². The van der Waals surface area contributed by atoms with Gasteiger partial charge in [0.1, 0.15) is 12.1 Å². The van der Waals surface area contributed by atoms with Crippen LogP contribution in [0.1, 0.15) is 65.7 Å². The number of carbonyl (C=O) groups is 3. The van der Waals surface area contributed by atoms with Crippen LogP contribution in [0.15, 0.2) is 0 Å². The molecule has 7 nitrogen and oxygen atoms in total. The molecule has 2 aliphatic rings. The van der Waals surface area contributed by atoms with Crippen molar-refractivity contribution >= 4 is 18.0 Å². The molecule has 142 valence electrons. The van der Waals surface area contributed by atoms with E-state index in [2.05, 4.69) is 0 Å². The molecule has 0 aromatic heterocycles. The van der Waals surface area contributed by atoms with Gasteiger partial charge in [-0.2, -0.15) is 0 Å². The van der Waals surface area contributed by atoms with Gasteiger partial charge in [-0.1, -0.05) is 19.3 Å². The summed E-state index contributed by atoms with van der Waals surface area (Å²) in [7, 11) is 1.50. The van der Waals surface area contributed by atoms with Crippen molar-refractivity contribution in [2.45, 2.75) is 77.4 Å². The highest BCUT2D eigenvalue weighted by molar-refractivity contribution is 5.80. The van der Waals surface area contributed by atoms with Crippen molar-refractivity contribution in [3.05, 3.63) is 0 Å². The Bertz CT molecular complexity index is 536. The predicted octanol–water partition coefficient (Wildman–Crippen LogP) is 2.94. The summed E-state index contributed by atoms with van der Waals surface area (Å²) in [5, 5.41) is 10.9. The van der Waals surface area contributed by atoms with E-state index in [9.17, 15) is 19.5 Å². The summed E-state index contributed by atoms with van der Waals surface area (Å²) in [5.41, 5.74) is -0.707. The summed E-state index contributed by atoms with van der Waals surface area (Å²) in [5.74, 6) is -1.35. The summed E-state index contributed by atoms with van der Waals surface area (Å²) in [4.78, 5) is 37.9. The first-order chi connectivity index (χ1) is 11.6. The molecule has 1 aliphatic carbocycles. The van der Waals surface area contributed by atoms with Gasteiger partial charge in [0.25, 0.3) is 0 Å². The lowest BCUT2D eigenvalue weighted by molar-refractivity contribution is -0.958. The standard InChI is InChI=1S/C18H30N2O5/c1-18(2,3)25-17(24)19(4)20(12-8-11-14(20)16(22)23)15(21)13-9-6-5-7-10-13/h13-14H,5-12H2,1-4H3/p+1/t14-,20?/m0/s1. The minimum atomic E-state index is -1.03. The fraction of sp³-hybridized carbons (Fsp3) is 0.833. The highest BCUT2D eigenvalue weighted by Gasteiger charge is 2.59. The van der Waals surface area contributed by atoms with Crippen molar-refractivity contribution in [3.63, 3.8) is 0 Å². The fourth-order valence-corrected chi connectivity index (χ4v) is 4.11. The van der Waals surface area contributed by atoms with E-state index in [0.717, 1.165) is 32.1 Å².